The van der Waals surface area contributed by atoms with Crippen LogP contribution < -0.4 is 15.6 Å². The minimum absolute atomic E-state index is 0.0854. The number of anilines is 1. The third-order valence-electron chi connectivity index (χ3n) is 5.22. The number of hydrogen-bond donors (Lipinski definition) is 2. The van der Waals surface area contributed by atoms with Crippen LogP contribution in [0.5, 0.6) is 5.75 Å². The highest BCUT2D eigenvalue weighted by Gasteiger charge is 2.21. The van der Waals surface area contributed by atoms with Gasteiger partial charge in [0, 0.05) is 31.7 Å². The van der Waals surface area contributed by atoms with E-state index in [9.17, 15) is 14.0 Å². The van der Waals surface area contributed by atoms with Crippen molar-refractivity contribution in [2.75, 3.05) is 24.7 Å². The lowest BCUT2D eigenvalue weighted by atomic mass is 10.1. The van der Waals surface area contributed by atoms with Gasteiger partial charge in [-0.3, -0.25) is 14.5 Å². The fourth-order valence-corrected chi connectivity index (χ4v) is 4.52. The van der Waals surface area contributed by atoms with Crippen molar-refractivity contribution in [1.82, 2.24) is 14.9 Å². The first-order valence-electron chi connectivity index (χ1n) is 10.3. The van der Waals surface area contributed by atoms with Gasteiger partial charge in [-0.1, -0.05) is 35.5 Å². The number of methoxy groups -OCH3 is 1. The lowest BCUT2D eigenvalue weighted by Gasteiger charge is -2.27. The maximum atomic E-state index is 13.1. The number of carbonyl (C=O) groups excluding carboxylic acids is 1. The Bertz CT molecular complexity index is 1220. The Morgan fingerprint density at radius 1 is 1.30 bits per heavy atom. The van der Waals surface area contributed by atoms with Gasteiger partial charge in [0.15, 0.2) is 5.16 Å². The van der Waals surface area contributed by atoms with Crippen molar-refractivity contribution in [2.24, 2.45) is 0 Å². The van der Waals surface area contributed by atoms with Crippen molar-refractivity contribution in [3.8, 4) is 5.75 Å². The minimum Gasteiger partial charge on any atom is -0.495 e. The number of ether oxygens (including phenoxy) is 1. The van der Waals surface area contributed by atoms with Crippen LogP contribution in [0.2, 0.25) is 5.02 Å². The Hall–Kier alpha value is -2.88. The van der Waals surface area contributed by atoms with Gasteiger partial charge in [-0.15, -0.1) is 0 Å². The van der Waals surface area contributed by atoms with Gasteiger partial charge in [0.25, 0.3) is 5.56 Å². The number of carbonyl (C=O) groups is 1. The number of nitrogens with zero attached hydrogens (tertiary/aromatic N) is 2. The number of aromatic amines is 1. The van der Waals surface area contributed by atoms with E-state index in [1.165, 1.54) is 31.0 Å². The lowest BCUT2D eigenvalue weighted by Crippen LogP contribution is -2.35. The summed E-state index contributed by atoms with van der Waals surface area (Å²) >= 11 is 7.25. The molecule has 0 saturated carbocycles. The number of benzene rings is 2. The van der Waals surface area contributed by atoms with E-state index in [4.69, 9.17) is 16.3 Å². The predicted octanol–water partition coefficient (Wildman–Crippen LogP) is 3.86. The highest BCUT2D eigenvalue weighted by molar-refractivity contribution is 7.99. The minimum atomic E-state index is -0.269. The fourth-order valence-electron chi connectivity index (χ4n) is 3.58. The Balaban J connectivity index is 1.35. The van der Waals surface area contributed by atoms with Crippen LogP contribution in [0.4, 0.5) is 10.1 Å². The Morgan fingerprint density at radius 2 is 2.09 bits per heavy atom. The highest BCUT2D eigenvalue weighted by Crippen LogP contribution is 2.27. The van der Waals surface area contributed by atoms with Crippen molar-refractivity contribution < 1.29 is 13.9 Å². The van der Waals surface area contributed by atoms with Crippen LogP contribution in [-0.2, 0) is 24.3 Å². The molecule has 2 aromatic carbocycles. The second-order valence-corrected chi connectivity index (χ2v) is 8.94. The lowest BCUT2D eigenvalue weighted by molar-refractivity contribution is -0.113. The van der Waals surface area contributed by atoms with E-state index in [1.54, 1.807) is 30.3 Å². The molecule has 0 unspecified atom stereocenters. The maximum Gasteiger partial charge on any atom is 0.256 e. The van der Waals surface area contributed by atoms with Crippen LogP contribution in [0.15, 0.2) is 52.4 Å². The Kier molecular flexibility index (Phi) is 7.32. The topological polar surface area (TPSA) is 87.3 Å². The Morgan fingerprint density at radius 3 is 2.82 bits per heavy atom. The fraction of sp³-hybridized carbons (Fsp3) is 0.261. The van der Waals surface area contributed by atoms with Crippen LogP contribution in [0.25, 0.3) is 0 Å². The van der Waals surface area contributed by atoms with Crippen molar-refractivity contribution >= 4 is 35.0 Å². The third-order valence-corrected chi connectivity index (χ3v) is 6.39. The molecule has 4 rings (SSSR count). The molecule has 0 saturated heterocycles. The summed E-state index contributed by atoms with van der Waals surface area (Å²) < 4.78 is 18.2. The smallest absolute Gasteiger partial charge is 0.256 e. The van der Waals surface area contributed by atoms with E-state index < -0.39 is 0 Å². The molecule has 0 aliphatic carbocycles. The molecule has 1 aromatic heterocycles. The number of nitrogens with one attached hydrogen (secondary N) is 2. The summed E-state index contributed by atoms with van der Waals surface area (Å²) in [5, 5.41) is 3.57. The summed E-state index contributed by atoms with van der Waals surface area (Å²) in [7, 11) is 1.52. The van der Waals surface area contributed by atoms with E-state index in [0.29, 0.717) is 46.7 Å². The summed E-state index contributed by atoms with van der Waals surface area (Å²) in [5.41, 5.74) is 2.72. The zero-order valence-corrected chi connectivity index (χ0v) is 19.4. The number of hydrogen-bond acceptors (Lipinski definition) is 6. The van der Waals surface area contributed by atoms with Gasteiger partial charge in [0.1, 0.15) is 11.6 Å². The SMILES string of the molecule is COc1ccc(NC(=O)CSc2nc3c(c(=O)[nH]2)CN(Cc2ccc(F)cc2)CC3)cc1Cl. The standard InChI is InChI=1S/C23H22ClFN4O3S/c1-32-20-7-6-16(10-18(20)24)26-21(30)13-33-23-27-19-8-9-29(12-17(19)22(31)28-23)11-14-2-4-15(25)5-3-14/h2-7,10H,8-9,11-13H2,1H3,(H,26,30)(H,27,28,31). The number of rotatable bonds is 7. The number of amides is 1. The largest absolute Gasteiger partial charge is 0.495 e. The molecule has 0 atom stereocenters. The molecule has 1 amide bonds. The van der Waals surface area contributed by atoms with Gasteiger partial charge in [-0.05, 0) is 35.9 Å². The van der Waals surface area contributed by atoms with E-state index in [0.717, 1.165) is 17.8 Å². The average molecular weight is 489 g/mol. The molecule has 0 fully saturated rings. The number of H-pyrrole nitrogens is 1. The molecule has 3 aromatic rings. The van der Waals surface area contributed by atoms with Crippen LogP contribution >= 0.6 is 23.4 Å². The van der Waals surface area contributed by atoms with Crippen molar-refractivity contribution in [3.05, 3.63) is 80.5 Å². The number of thioether (sulfide) groups is 1. The predicted molar refractivity (Wildman–Crippen MR) is 126 cm³/mol. The van der Waals surface area contributed by atoms with Crippen LogP contribution in [-0.4, -0.2) is 40.2 Å². The zero-order chi connectivity index (χ0) is 23.4. The first-order chi connectivity index (χ1) is 15.9. The number of fused-ring (bicyclic) bond motifs is 1. The first kappa shape index (κ1) is 23.3. The second kappa shape index (κ2) is 10.4. The summed E-state index contributed by atoms with van der Waals surface area (Å²) in [6.07, 6.45) is 0.630. The molecule has 0 radical (unpaired) electrons. The monoisotopic (exact) mass is 488 g/mol. The van der Waals surface area contributed by atoms with Crippen LogP contribution in [0, 0.1) is 5.82 Å². The summed E-state index contributed by atoms with van der Waals surface area (Å²) in [6.45, 7) is 1.84. The first-order valence-corrected chi connectivity index (χ1v) is 11.6. The summed E-state index contributed by atoms with van der Waals surface area (Å²) in [4.78, 5) is 34.4. The maximum absolute atomic E-state index is 13.1. The second-order valence-electron chi connectivity index (χ2n) is 7.57. The van der Waals surface area contributed by atoms with Crippen LogP contribution in [0.3, 0.4) is 0 Å². The highest BCUT2D eigenvalue weighted by atomic mass is 35.5. The average Bonchev–Trinajstić information content (AvgIpc) is 2.80. The normalized spacial score (nSPS) is 13.4. The van der Waals surface area contributed by atoms with Crippen LogP contribution in [0.1, 0.15) is 16.8 Å². The molecule has 2 heterocycles. The van der Waals surface area contributed by atoms with Crippen molar-refractivity contribution in [1.29, 1.82) is 0 Å². The van der Waals surface area contributed by atoms with Gasteiger partial charge in [0.05, 0.1) is 29.1 Å². The van der Waals surface area contributed by atoms with Gasteiger partial charge < -0.3 is 15.0 Å². The number of halogens is 2. The molecule has 7 nitrogen and oxygen atoms in total. The summed E-state index contributed by atoms with van der Waals surface area (Å²) in [5.74, 6) is 0.0975. The molecule has 0 bridgehead atoms. The van der Waals surface area contributed by atoms with Gasteiger partial charge in [-0.2, -0.15) is 0 Å². The molecule has 33 heavy (non-hydrogen) atoms. The van der Waals surface area contributed by atoms with Crippen molar-refractivity contribution in [3.63, 3.8) is 0 Å². The van der Waals surface area contributed by atoms with Gasteiger partial charge in [-0.25, -0.2) is 9.37 Å². The molecule has 10 heteroatoms. The molecule has 172 valence electrons. The molecular weight excluding hydrogens is 467 g/mol. The van der Waals surface area contributed by atoms with E-state index in [2.05, 4.69) is 20.2 Å². The van der Waals surface area contributed by atoms with E-state index >= 15 is 0 Å². The molecule has 1 aliphatic rings. The molecular formula is C23H22ClFN4O3S. The quantitative estimate of drug-likeness (QED) is 0.388. The molecule has 0 spiro atoms. The Labute approximate surface area is 199 Å². The van der Waals surface area contributed by atoms with Crippen molar-refractivity contribution in [2.45, 2.75) is 24.7 Å². The van der Waals surface area contributed by atoms with E-state index in [-0.39, 0.29) is 23.0 Å². The van der Waals surface area contributed by atoms with Gasteiger partial charge in [0.2, 0.25) is 5.91 Å². The van der Waals surface area contributed by atoms with E-state index in [1.807, 2.05) is 0 Å². The third kappa shape index (κ3) is 5.93. The summed E-state index contributed by atoms with van der Waals surface area (Å²) in [6, 6.07) is 11.3. The zero-order valence-electron chi connectivity index (χ0n) is 17.9. The number of aromatic nitrogens is 2. The molecule has 1 aliphatic heterocycles. The molecule has 2 N–H and O–H groups in total. The van der Waals surface area contributed by atoms with Gasteiger partial charge >= 0.3 is 0 Å².